The van der Waals surface area contributed by atoms with E-state index in [0.717, 1.165) is 45.6 Å². The first kappa shape index (κ1) is 22.2. The second kappa shape index (κ2) is 10.6. The van der Waals surface area contributed by atoms with Crippen LogP contribution < -0.4 is 5.32 Å². The molecule has 2 saturated heterocycles. The van der Waals surface area contributed by atoms with Crippen molar-refractivity contribution < 1.29 is 19.0 Å². The molecule has 2 heterocycles. The fourth-order valence-electron chi connectivity index (χ4n) is 4.04. The zero-order valence-electron chi connectivity index (χ0n) is 18.0. The molecule has 2 aliphatic heterocycles. The smallest absolute Gasteiger partial charge is 0.335 e. The van der Waals surface area contributed by atoms with Gasteiger partial charge in [-0.1, -0.05) is 24.3 Å². The normalized spacial score (nSPS) is 19.8. The van der Waals surface area contributed by atoms with E-state index in [-0.39, 0.29) is 17.5 Å². The van der Waals surface area contributed by atoms with Crippen LogP contribution in [0.2, 0.25) is 0 Å². The van der Waals surface area contributed by atoms with E-state index < -0.39 is 5.97 Å². The SMILES string of the molecule is O=C(O)c1cccc(NC(=NC[C@@H]2CCCO2)N2CCN(Cc3ccccc3F)CC2)c1. The number of ether oxygens (including phenoxy) is 1. The summed E-state index contributed by atoms with van der Waals surface area (Å²) in [6.45, 7) is 4.97. The predicted molar refractivity (Wildman–Crippen MR) is 122 cm³/mol. The summed E-state index contributed by atoms with van der Waals surface area (Å²) < 4.78 is 19.7. The zero-order chi connectivity index (χ0) is 22.3. The number of benzene rings is 2. The molecule has 0 aliphatic carbocycles. The summed E-state index contributed by atoms with van der Waals surface area (Å²) >= 11 is 0. The third-order valence-corrected chi connectivity index (χ3v) is 5.86. The van der Waals surface area contributed by atoms with Crippen LogP contribution in [0.5, 0.6) is 0 Å². The van der Waals surface area contributed by atoms with Crippen molar-refractivity contribution in [1.82, 2.24) is 9.80 Å². The van der Waals surface area contributed by atoms with Gasteiger partial charge in [-0.05, 0) is 37.1 Å². The molecule has 0 aromatic heterocycles. The number of nitrogens with zero attached hydrogens (tertiary/aromatic N) is 3. The Balaban J connectivity index is 1.43. The molecule has 0 saturated carbocycles. The van der Waals surface area contributed by atoms with Crippen LogP contribution in [0, 0.1) is 5.82 Å². The molecule has 0 unspecified atom stereocenters. The van der Waals surface area contributed by atoms with E-state index in [9.17, 15) is 14.3 Å². The van der Waals surface area contributed by atoms with Gasteiger partial charge in [0, 0.05) is 50.6 Å². The Morgan fingerprint density at radius 3 is 2.69 bits per heavy atom. The number of halogens is 1. The van der Waals surface area contributed by atoms with Crippen LogP contribution in [-0.2, 0) is 11.3 Å². The lowest BCUT2D eigenvalue weighted by molar-refractivity contribution is 0.0697. The quantitative estimate of drug-likeness (QED) is 0.530. The highest BCUT2D eigenvalue weighted by molar-refractivity contribution is 5.95. The van der Waals surface area contributed by atoms with E-state index >= 15 is 0 Å². The van der Waals surface area contributed by atoms with Crippen molar-refractivity contribution in [3.8, 4) is 0 Å². The van der Waals surface area contributed by atoms with E-state index in [2.05, 4.69) is 15.1 Å². The largest absolute Gasteiger partial charge is 0.478 e. The van der Waals surface area contributed by atoms with Gasteiger partial charge in [0.25, 0.3) is 0 Å². The maximum Gasteiger partial charge on any atom is 0.335 e. The lowest BCUT2D eigenvalue weighted by Crippen LogP contribution is -2.50. The Labute approximate surface area is 187 Å². The Morgan fingerprint density at radius 1 is 1.16 bits per heavy atom. The monoisotopic (exact) mass is 440 g/mol. The Hall–Kier alpha value is -2.97. The molecule has 7 nitrogen and oxygen atoms in total. The standard InChI is InChI=1S/C24H29FN4O3/c25-22-9-2-1-5-19(22)17-28-10-12-29(13-11-28)24(26-16-21-8-4-14-32-21)27-20-7-3-6-18(15-20)23(30)31/h1-3,5-7,9,15,21H,4,8,10-14,16-17H2,(H,26,27)(H,30,31)/t21-/m0/s1. The zero-order valence-corrected chi connectivity index (χ0v) is 18.0. The summed E-state index contributed by atoms with van der Waals surface area (Å²) in [6.07, 6.45) is 2.18. The van der Waals surface area contributed by atoms with Gasteiger partial charge in [-0.15, -0.1) is 0 Å². The molecule has 0 amide bonds. The number of carbonyl (C=O) groups is 1. The van der Waals surface area contributed by atoms with Gasteiger partial charge < -0.3 is 20.1 Å². The van der Waals surface area contributed by atoms with Gasteiger partial charge in [0.2, 0.25) is 0 Å². The number of nitrogens with one attached hydrogen (secondary N) is 1. The first-order valence-electron chi connectivity index (χ1n) is 11.1. The second-order valence-corrected chi connectivity index (χ2v) is 8.16. The number of carboxylic acid groups (broad SMARTS) is 1. The molecular formula is C24H29FN4O3. The molecule has 2 aromatic carbocycles. The topological polar surface area (TPSA) is 77.4 Å². The van der Waals surface area contributed by atoms with Crippen LogP contribution >= 0.6 is 0 Å². The number of guanidine groups is 1. The van der Waals surface area contributed by atoms with Gasteiger partial charge in [-0.25, -0.2) is 9.18 Å². The fraction of sp³-hybridized carbons (Fsp3) is 0.417. The fourth-order valence-corrected chi connectivity index (χ4v) is 4.04. The van der Waals surface area contributed by atoms with Crippen molar-refractivity contribution in [2.24, 2.45) is 4.99 Å². The molecule has 0 bridgehead atoms. The van der Waals surface area contributed by atoms with E-state index in [0.29, 0.717) is 30.3 Å². The number of aromatic carboxylic acids is 1. The van der Waals surface area contributed by atoms with Gasteiger partial charge >= 0.3 is 5.97 Å². The molecule has 2 fully saturated rings. The minimum absolute atomic E-state index is 0.125. The molecule has 2 N–H and O–H groups in total. The minimum atomic E-state index is -0.965. The van der Waals surface area contributed by atoms with Crippen molar-refractivity contribution in [3.63, 3.8) is 0 Å². The molecule has 0 radical (unpaired) electrons. The molecule has 0 spiro atoms. The lowest BCUT2D eigenvalue weighted by Gasteiger charge is -2.36. The lowest BCUT2D eigenvalue weighted by atomic mass is 10.2. The number of anilines is 1. The molecule has 4 rings (SSSR count). The number of rotatable bonds is 6. The first-order chi connectivity index (χ1) is 15.6. The van der Waals surface area contributed by atoms with Gasteiger partial charge in [-0.2, -0.15) is 0 Å². The molecular weight excluding hydrogens is 411 g/mol. The third-order valence-electron chi connectivity index (χ3n) is 5.86. The maximum atomic E-state index is 14.0. The van der Waals surface area contributed by atoms with Gasteiger partial charge in [0.05, 0.1) is 18.2 Å². The molecule has 2 aromatic rings. The number of carboxylic acids is 1. The highest BCUT2D eigenvalue weighted by atomic mass is 19.1. The second-order valence-electron chi connectivity index (χ2n) is 8.16. The summed E-state index contributed by atoms with van der Waals surface area (Å²) in [7, 11) is 0. The average Bonchev–Trinajstić information content (AvgIpc) is 3.33. The summed E-state index contributed by atoms with van der Waals surface area (Å²) in [5.74, 6) is -0.421. The number of piperazine rings is 1. The van der Waals surface area contributed by atoms with E-state index in [1.54, 1.807) is 24.3 Å². The van der Waals surface area contributed by atoms with Crippen molar-refractivity contribution in [3.05, 3.63) is 65.5 Å². The number of hydrogen-bond donors (Lipinski definition) is 2. The number of hydrogen-bond acceptors (Lipinski definition) is 4. The molecule has 1 atom stereocenters. The molecule has 8 heteroatoms. The van der Waals surface area contributed by atoms with Crippen molar-refractivity contribution in [2.45, 2.75) is 25.5 Å². The maximum absolute atomic E-state index is 14.0. The highest BCUT2D eigenvalue weighted by Gasteiger charge is 2.22. The average molecular weight is 441 g/mol. The van der Waals surface area contributed by atoms with Gasteiger partial charge in [0.15, 0.2) is 5.96 Å². The Bertz CT molecular complexity index is 954. The summed E-state index contributed by atoms with van der Waals surface area (Å²) in [5.41, 5.74) is 1.62. The molecule has 170 valence electrons. The predicted octanol–water partition coefficient (Wildman–Crippen LogP) is 3.29. The first-order valence-corrected chi connectivity index (χ1v) is 11.1. The van der Waals surface area contributed by atoms with E-state index in [4.69, 9.17) is 9.73 Å². The highest BCUT2D eigenvalue weighted by Crippen LogP contribution is 2.16. The third kappa shape index (κ3) is 5.83. The minimum Gasteiger partial charge on any atom is -0.478 e. The van der Waals surface area contributed by atoms with Gasteiger partial charge in [0.1, 0.15) is 5.82 Å². The van der Waals surface area contributed by atoms with Crippen LogP contribution in [0.15, 0.2) is 53.5 Å². The summed E-state index contributed by atoms with van der Waals surface area (Å²) in [5, 5.41) is 12.6. The summed E-state index contributed by atoms with van der Waals surface area (Å²) in [6, 6.07) is 13.6. The number of aliphatic imine (C=N–C) groups is 1. The van der Waals surface area contributed by atoms with Crippen molar-refractivity contribution >= 4 is 17.6 Å². The van der Waals surface area contributed by atoms with Crippen LogP contribution in [-0.4, -0.2) is 72.3 Å². The van der Waals surface area contributed by atoms with Crippen LogP contribution in [0.1, 0.15) is 28.8 Å². The molecule has 2 aliphatic rings. The van der Waals surface area contributed by atoms with Crippen LogP contribution in [0.25, 0.3) is 0 Å². The van der Waals surface area contributed by atoms with Gasteiger partial charge in [-0.3, -0.25) is 9.89 Å². The summed E-state index contributed by atoms with van der Waals surface area (Å²) in [4.78, 5) is 20.5. The van der Waals surface area contributed by atoms with E-state index in [1.165, 1.54) is 6.07 Å². The van der Waals surface area contributed by atoms with E-state index in [1.807, 2.05) is 18.2 Å². The van der Waals surface area contributed by atoms with Crippen molar-refractivity contribution in [2.75, 3.05) is 44.6 Å². The molecule has 32 heavy (non-hydrogen) atoms. The Kier molecular flexibility index (Phi) is 7.34. The van der Waals surface area contributed by atoms with Crippen LogP contribution in [0.3, 0.4) is 0 Å². The Morgan fingerprint density at radius 2 is 1.97 bits per heavy atom. The van der Waals surface area contributed by atoms with Crippen LogP contribution in [0.4, 0.5) is 10.1 Å². The van der Waals surface area contributed by atoms with Crippen molar-refractivity contribution in [1.29, 1.82) is 0 Å².